The average molecular weight is 338 g/mol. The lowest BCUT2D eigenvalue weighted by Gasteiger charge is -2.13. The van der Waals surface area contributed by atoms with Gasteiger partial charge >= 0.3 is 5.97 Å². The maximum absolute atomic E-state index is 11.7. The molecule has 0 bridgehead atoms. The molecule has 9 heteroatoms. The van der Waals surface area contributed by atoms with Gasteiger partial charge in [0.05, 0.1) is 5.75 Å². The van der Waals surface area contributed by atoms with Crippen LogP contribution in [0.5, 0.6) is 5.75 Å². The number of aromatic hydroxyl groups is 1. The van der Waals surface area contributed by atoms with Gasteiger partial charge in [0.15, 0.2) is 6.61 Å². The van der Waals surface area contributed by atoms with Gasteiger partial charge < -0.3 is 15.2 Å². The number of nitrogens with zero attached hydrogens (tertiary/aromatic N) is 1. The predicted molar refractivity (Wildman–Crippen MR) is 81.0 cm³/mol. The van der Waals surface area contributed by atoms with Crippen molar-refractivity contribution in [1.82, 2.24) is 10.2 Å². The molecule has 1 aliphatic rings. The predicted octanol–water partition coefficient (Wildman–Crippen LogP) is 0.361. The number of rotatable bonds is 6. The number of hydrogen-bond donors (Lipinski definition) is 2. The minimum atomic E-state index is -0.820. The molecule has 1 saturated heterocycles. The molecule has 2 rings (SSSR count). The molecule has 1 aromatic rings. The van der Waals surface area contributed by atoms with Gasteiger partial charge in [0.1, 0.15) is 11.3 Å². The van der Waals surface area contributed by atoms with Gasteiger partial charge in [-0.25, -0.2) is 4.79 Å². The monoisotopic (exact) mass is 338 g/mol. The standard InChI is InChI=1S/C14H14N2O6S/c17-10-4-2-1-3-9(10)13(20)22-7-11(18)15-5-6-16-12(19)8-23-14(16)21/h1-4,17H,5-8H2,(H,15,18). The fourth-order valence-corrected chi connectivity index (χ4v) is 2.56. The third-order valence-electron chi connectivity index (χ3n) is 2.96. The molecular formula is C14H14N2O6S. The summed E-state index contributed by atoms with van der Waals surface area (Å²) in [4.78, 5) is 47.0. The highest BCUT2D eigenvalue weighted by atomic mass is 32.2. The second-order valence-electron chi connectivity index (χ2n) is 4.54. The van der Waals surface area contributed by atoms with E-state index in [9.17, 15) is 24.3 Å². The van der Waals surface area contributed by atoms with Crippen LogP contribution in [0.3, 0.4) is 0 Å². The fraction of sp³-hybridized carbons (Fsp3) is 0.286. The van der Waals surface area contributed by atoms with Crippen LogP contribution in [-0.4, -0.2) is 58.5 Å². The highest BCUT2D eigenvalue weighted by Crippen LogP contribution is 2.18. The molecule has 0 spiro atoms. The lowest BCUT2D eigenvalue weighted by molar-refractivity contribution is -0.126. The Morgan fingerprint density at radius 3 is 2.70 bits per heavy atom. The van der Waals surface area contributed by atoms with E-state index in [1.165, 1.54) is 12.1 Å². The quantitative estimate of drug-likeness (QED) is 0.720. The van der Waals surface area contributed by atoms with Crippen LogP contribution in [0.25, 0.3) is 0 Å². The van der Waals surface area contributed by atoms with Crippen molar-refractivity contribution in [3.05, 3.63) is 29.8 Å². The van der Waals surface area contributed by atoms with Crippen molar-refractivity contribution in [2.45, 2.75) is 0 Å². The lowest BCUT2D eigenvalue weighted by Crippen LogP contribution is -2.38. The van der Waals surface area contributed by atoms with Gasteiger partial charge in [0, 0.05) is 13.1 Å². The van der Waals surface area contributed by atoms with Crippen molar-refractivity contribution in [2.24, 2.45) is 0 Å². The van der Waals surface area contributed by atoms with E-state index in [0.29, 0.717) is 0 Å². The molecule has 3 amide bonds. The van der Waals surface area contributed by atoms with Crippen molar-refractivity contribution in [1.29, 1.82) is 0 Å². The van der Waals surface area contributed by atoms with Crippen molar-refractivity contribution in [3.8, 4) is 5.75 Å². The second-order valence-corrected chi connectivity index (χ2v) is 5.47. The number of phenols is 1. The summed E-state index contributed by atoms with van der Waals surface area (Å²) in [5, 5.41) is 11.6. The Kier molecular flexibility index (Phi) is 5.58. The minimum absolute atomic E-state index is 0.0365. The number of phenolic OH excluding ortho intramolecular Hbond substituents is 1. The van der Waals surface area contributed by atoms with E-state index in [-0.39, 0.29) is 41.3 Å². The molecule has 0 saturated carbocycles. The molecule has 2 N–H and O–H groups in total. The number of amides is 3. The van der Waals surface area contributed by atoms with Crippen LogP contribution >= 0.6 is 11.8 Å². The summed E-state index contributed by atoms with van der Waals surface area (Å²) in [6.45, 7) is -0.376. The molecule has 0 unspecified atom stereocenters. The molecule has 0 aromatic heterocycles. The van der Waals surface area contributed by atoms with Gasteiger partial charge in [-0.05, 0) is 12.1 Å². The normalized spacial score (nSPS) is 14.0. The number of nitrogens with one attached hydrogen (secondary N) is 1. The number of ether oxygens (including phenoxy) is 1. The van der Waals surface area contributed by atoms with Gasteiger partial charge in [0.2, 0.25) is 5.91 Å². The Balaban J connectivity index is 1.71. The van der Waals surface area contributed by atoms with Gasteiger partial charge in [-0.1, -0.05) is 23.9 Å². The number of esters is 1. The highest BCUT2D eigenvalue weighted by Gasteiger charge is 2.29. The molecule has 0 atom stereocenters. The summed E-state index contributed by atoms with van der Waals surface area (Å²) in [6, 6.07) is 5.81. The third kappa shape index (κ3) is 4.46. The number of para-hydroxylation sites is 1. The molecule has 0 radical (unpaired) electrons. The molecule has 8 nitrogen and oxygen atoms in total. The Labute approximate surface area is 135 Å². The fourth-order valence-electron chi connectivity index (χ4n) is 1.81. The first kappa shape index (κ1) is 16.8. The number of carbonyl (C=O) groups excluding carboxylic acids is 4. The number of imide groups is 1. The third-order valence-corrected chi connectivity index (χ3v) is 3.82. The van der Waals surface area contributed by atoms with E-state index >= 15 is 0 Å². The summed E-state index contributed by atoms with van der Waals surface area (Å²) in [5.74, 6) is -1.80. The van der Waals surface area contributed by atoms with Crippen LogP contribution in [0.2, 0.25) is 0 Å². The summed E-state index contributed by atoms with van der Waals surface area (Å²) in [6.07, 6.45) is 0. The Morgan fingerprint density at radius 1 is 1.30 bits per heavy atom. The molecule has 122 valence electrons. The van der Waals surface area contributed by atoms with Crippen molar-refractivity contribution in [3.63, 3.8) is 0 Å². The van der Waals surface area contributed by atoms with Gasteiger partial charge in [-0.15, -0.1) is 0 Å². The molecule has 1 heterocycles. The Bertz CT molecular complexity index is 632. The van der Waals surface area contributed by atoms with Crippen molar-refractivity contribution >= 4 is 34.8 Å². The molecule has 0 aliphatic carbocycles. The zero-order chi connectivity index (χ0) is 16.8. The molecule has 1 fully saturated rings. The van der Waals surface area contributed by atoms with Crippen LogP contribution in [0.15, 0.2) is 24.3 Å². The Morgan fingerprint density at radius 2 is 2.04 bits per heavy atom. The average Bonchev–Trinajstić information content (AvgIpc) is 2.85. The zero-order valence-electron chi connectivity index (χ0n) is 12.0. The maximum Gasteiger partial charge on any atom is 0.342 e. The maximum atomic E-state index is 11.7. The number of benzene rings is 1. The number of hydrogen-bond acceptors (Lipinski definition) is 7. The molecule has 23 heavy (non-hydrogen) atoms. The number of thioether (sulfide) groups is 1. The molecule has 1 aliphatic heterocycles. The van der Waals surface area contributed by atoms with Crippen molar-refractivity contribution in [2.75, 3.05) is 25.4 Å². The van der Waals surface area contributed by atoms with Crippen LogP contribution in [0.4, 0.5) is 4.79 Å². The summed E-state index contributed by atoms with van der Waals surface area (Å²) < 4.78 is 4.77. The second kappa shape index (κ2) is 7.63. The topological polar surface area (TPSA) is 113 Å². The molecular weight excluding hydrogens is 324 g/mol. The van der Waals surface area contributed by atoms with Gasteiger partial charge in [-0.2, -0.15) is 0 Å². The first-order valence-corrected chi connectivity index (χ1v) is 7.66. The summed E-state index contributed by atoms with van der Waals surface area (Å²) in [7, 11) is 0. The first-order chi connectivity index (χ1) is 11.0. The van der Waals surface area contributed by atoms with E-state index in [1.807, 2.05) is 0 Å². The van der Waals surface area contributed by atoms with Crippen molar-refractivity contribution < 1.29 is 29.0 Å². The van der Waals surface area contributed by atoms with E-state index in [0.717, 1.165) is 16.7 Å². The minimum Gasteiger partial charge on any atom is -0.507 e. The number of carbonyl (C=O) groups is 4. The zero-order valence-corrected chi connectivity index (χ0v) is 12.8. The highest BCUT2D eigenvalue weighted by molar-refractivity contribution is 8.14. The summed E-state index contributed by atoms with van der Waals surface area (Å²) in [5.41, 5.74) is -0.0365. The van der Waals surface area contributed by atoms with Crippen LogP contribution in [-0.2, 0) is 14.3 Å². The van der Waals surface area contributed by atoms with Crippen LogP contribution < -0.4 is 5.32 Å². The summed E-state index contributed by atoms with van der Waals surface area (Å²) >= 11 is 0.917. The SMILES string of the molecule is O=C(COC(=O)c1ccccc1O)NCCN1C(=O)CSC1=O. The van der Waals surface area contributed by atoms with E-state index in [1.54, 1.807) is 12.1 Å². The molecule has 1 aromatic carbocycles. The van der Waals surface area contributed by atoms with Gasteiger partial charge in [0.25, 0.3) is 11.1 Å². The lowest BCUT2D eigenvalue weighted by atomic mass is 10.2. The van der Waals surface area contributed by atoms with Crippen LogP contribution in [0, 0.1) is 0 Å². The first-order valence-electron chi connectivity index (χ1n) is 6.68. The van der Waals surface area contributed by atoms with E-state index < -0.39 is 18.5 Å². The Hall–Kier alpha value is -2.55. The van der Waals surface area contributed by atoms with Gasteiger partial charge in [-0.3, -0.25) is 19.3 Å². The van der Waals surface area contributed by atoms with Crippen LogP contribution in [0.1, 0.15) is 10.4 Å². The largest absolute Gasteiger partial charge is 0.507 e. The smallest absolute Gasteiger partial charge is 0.342 e. The van der Waals surface area contributed by atoms with E-state index in [2.05, 4.69) is 5.32 Å². The van der Waals surface area contributed by atoms with E-state index in [4.69, 9.17) is 4.74 Å².